The Bertz CT molecular complexity index is 1150. The SMILES string of the molecule is O=C(C[C@H]1C(=O)N(c2ccc(Cl)cc2)C(=S)N1CCc1ccc(Cl)cc1)Nc1ccccc1. The van der Waals surface area contributed by atoms with Gasteiger partial charge in [0, 0.05) is 22.3 Å². The highest BCUT2D eigenvalue weighted by Gasteiger charge is 2.43. The number of benzene rings is 3. The third kappa shape index (κ3) is 5.53. The van der Waals surface area contributed by atoms with Gasteiger partial charge in [-0.1, -0.05) is 53.5 Å². The maximum atomic E-state index is 13.4. The summed E-state index contributed by atoms with van der Waals surface area (Å²) in [5.41, 5.74) is 2.36. The molecule has 1 heterocycles. The van der Waals surface area contributed by atoms with Crippen LogP contribution >= 0.6 is 35.4 Å². The number of carbonyl (C=O) groups excluding carboxylic acids is 2. The van der Waals surface area contributed by atoms with E-state index in [-0.39, 0.29) is 18.2 Å². The summed E-state index contributed by atoms with van der Waals surface area (Å²) in [6, 6.07) is 22.9. The van der Waals surface area contributed by atoms with E-state index in [2.05, 4.69) is 5.32 Å². The van der Waals surface area contributed by atoms with E-state index < -0.39 is 6.04 Å². The summed E-state index contributed by atoms with van der Waals surface area (Å²) in [7, 11) is 0. The molecule has 0 unspecified atom stereocenters. The number of anilines is 2. The van der Waals surface area contributed by atoms with Crippen molar-refractivity contribution >= 4 is 63.7 Å². The van der Waals surface area contributed by atoms with Crippen molar-refractivity contribution in [2.45, 2.75) is 18.9 Å². The van der Waals surface area contributed by atoms with Crippen LogP contribution in [0.4, 0.5) is 11.4 Å². The molecule has 2 amide bonds. The number of hydrogen-bond acceptors (Lipinski definition) is 3. The zero-order valence-corrected chi connectivity index (χ0v) is 19.9. The minimum absolute atomic E-state index is 0.0153. The second-order valence-electron chi connectivity index (χ2n) is 7.64. The molecule has 1 atom stereocenters. The lowest BCUT2D eigenvalue weighted by atomic mass is 10.1. The number of para-hydroxylation sites is 1. The van der Waals surface area contributed by atoms with Crippen molar-refractivity contribution in [3.63, 3.8) is 0 Å². The first-order chi connectivity index (χ1) is 15.9. The van der Waals surface area contributed by atoms with Crippen LogP contribution in [0.15, 0.2) is 78.9 Å². The van der Waals surface area contributed by atoms with Gasteiger partial charge in [-0.2, -0.15) is 0 Å². The van der Waals surface area contributed by atoms with E-state index in [0.717, 1.165) is 5.56 Å². The standard InChI is InChI=1S/C25H21Cl2N3O2S/c26-18-8-6-17(7-9-18)14-15-29-22(16-23(31)28-20-4-2-1-3-5-20)24(32)30(25(29)33)21-12-10-19(27)11-13-21/h1-13,22H,14-16H2,(H,28,31)/t22-/m0/s1. The average Bonchev–Trinajstić information content (AvgIpc) is 3.03. The number of halogens is 2. The summed E-state index contributed by atoms with van der Waals surface area (Å²) in [5.74, 6) is -0.488. The molecule has 4 rings (SSSR count). The summed E-state index contributed by atoms with van der Waals surface area (Å²) >= 11 is 17.7. The van der Waals surface area contributed by atoms with Gasteiger partial charge in [0.1, 0.15) is 6.04 Å². The van der Waals surface area contributed by atoms with Crippen LogP contribution in [0.2, 0.25) is 10.0 Å². The van der Waals surface area contributed by atoms with Crippen LogP contribution in [-0.2, 0) is 16.0 Å². The van der Waals surface area contributed by atoms with Crippen LogP contribution in [0.5, 0.6) is 0 Å². The van der Waals surface area contributed by atoms with Gasteiger partial charge >= 0.3 is 0 Å². The fourth-order valence-electron chi connectivity index (χ4n) is 3.72. The molecule has 0 bridgehead atoms. The summed E-state index contributed by atoms with van der Waals surface area (Å²) in [5, 5.41) is 4.45. The van der Waals surface area contributed by atoms with Crippen molar-refractivity contribution in [3.05, 3.63) is 94.5 Å². The Labute approximate surface area is 207 Å². The molecule has 0 aliphatic carbocycles. The molecule has 1 N–H and O–H groups in total. The quantitative estimate of drug-likeness (QED) is 0.433. The fraction of sp³-hybridized carbons (Fsp3) is 0.160. The van der Waals surface area contributed by atoms with Crippen molar-refractivity contribution in [2.24, 2.45) is 0 Å². The Morgan fingerprint density at radius 1 is 0.909 bits per heavy atom. The molecule has 0 saturated carbocycles. The van der Waals surface area contributed by atoms with Crippen molar-refractivity contribution in [3.8, 4) is 0 Å². The lowest BCUT2D eigenvalue weighted by Crippen LogP contribution is -2.39. The highest BCUT2D eigenvalue weighted by Crippen LogP contribution is 2.29. The minimum Gasteiger partial charge on any atom is -0.336 e. The molecular formula is C25H21Cl2N3O2S. The van der Waals surface area contributed by atoms with Crippen LogP contribution in [0.25, 0.3) is 0 Å². The van der Waals surface area contributed by atoms with Crippen LogP contribution in [0.1, 0.15) is 12.0 Å². The first-order valence-electron chi connectivity index (χ1n) is 10.4. The van der Waals surface area contributed by atoms with Crippen LogP contribution in [-0.4, -0.2) is 34.4 Å². The van der Waals surface area contributed by atoms with E-state index in [9.17, 15) is 9.59 Å². The number of thiocarbonyl (C=S) groups is 1. The maximum Gasteiger partial charge on any atom is 0.256 e. The number of nitrogens with zero attached hydrogens (tertiary/aromatic N) is 2. The van der Waals surface area contributed by atoms with Gasteiger partial charge in [0.25, 0.3) is 5.91 Å². The predicted octanol–water partition coefficient (Wildman–Crippen LogP) is 5.57. The van der Waals surface area contributed by atoms with Crippen molar-refractivity contribution in [1.29, 1.82) is 0 Å². The number of rotatable bonds is 7. The van der Waals surface area contributed by atoms with Crippen LogP contribution in [0.3, 0.4) is 0 Å². The molecule has 1 aliphatic rings. The average molecular weight is 498 g/mol. The molecule has 168 valence electrons. The summed E-state index contributed by atoms with van der Waals surface area (Å²) in [4.78, 5) is 29.5. The summed E-state index contributed by atoms with van der Waals surface area (Å²) in [6.07, 6.45) is 0.633. The highest BCUT2D eigenvalue weighted by molar-refractivity contribution is 7.80. The molecule has 1 aliphatic heterocycles. The lowest BCUT2D eigenvalue weighted by Gasteiger charge is -2.24. The Morgan fingerprint density at radius 2 is 1.52 bits per heavy atom. The maximum absolute atomic E-state index is 13.4. The first-order valence-corrected chi connectivity index (χ1v) is 11.6. The monoisotopic (exact) mass is 497 g/mol. The molecular weight excluding hydrogens is 477 g/mol. The van der Waals surface area contributed by atoms with Gasteiger partial charge in [-0.15, -0.1) is 0 Å². The Balaban J connectivity index is 1.55. The molecule has 0 radical (unpaired) electrons. The zero-order chi connectivity index (χ0) is 23.4. The smallest absolute Gasteiger partial charge is 0.256 e. The minimum atomic E-state index is -0.704. The molecule has 1 fully saturated rings. The molecule has 5 nitrogen and oxygen atoms in total. The van der Waals surface area contributed by atoms with E-state index in [1.165, 1.54) is 4.90 Å². The fourth-order valence-corrected chi connectivity index (χ4v) is 4.39. The molecule has 33 heavy (non-hydrogen) atoms. The number of hydrogen-bond donors (Lipinski definition) is 1. The Kier molecular flexibility index (Phi) is 7.28. The second kappa shape index (κ2) is 10.3. The lowest BCUT2D eigenvalue weighted by molar-refractivity contribution is -0.124. The van der Waals surface area contributed by atoms with E-state index in [4.69, 9.17) is 35.4 Å². The molecule has 3 aromatic carbocycles. The van der Waals surface area contributed by atoms with Gasteiger partial charge in [0.05, 0.1) is 12.1 Å². The van der Waals surface area contributed by atoms with E-state index in [1.807, 2.05) is 47.4 Å². The van der Waals surface area contributed by atoms with E-state index >= 15 is 0 Å². The van der Waals surface area contributed by atoms with Gasteiger partial charge in [-0.3, -0.25) is 14.5 Å². The summed E-state index contributed by atoms with van der Waals surface area (Å²) < 4.78 is 0. The normalized spacial score (nSPS) is 15.8. The third-order valence-electron chi connectivity index (χ3n) is 5.39. The van der Waals surface area contributed by atoms with Crippen molar-refractivity contribution < 1.29 is 9.59 Å². The predicted molar refractivity (Wildman–Crippen MR) is 137 cm³/mol. The van der Waals surface area contributed by atoms with Gasteiger partial charge in [0.2, 0.25) is 5.91 Å². The number of amides is 2. The van der Waals surface area contributed by atoms with Gasteiger partial charge in [-0.05, 0) is 72.7 Å². The molecule has 0 aromatic heterocycles. The van der Waals surface area contributed by atoms with E-state index in [1.54, 1.807) is 36.4 Å². The Hall–Kier alpha value is -2.93. The Morgan fingerprint density at radius 3 is 2.15 bits per heavy atom. The highest BCUT2D eigenvalue weighted by atomic mass is 35.5. The topological polar surface area (TPSA) is 52.7 Å². The largest absolute Gasteiger partial charge is 0.336 e. The molecule has 1 saturated heterocycles. The number of nitrogens with one attached hydrogen (secondary N) is 1. The molecule has 8 heteroatoms. The van der Waals surface area contributed by atoms with Gasteiger partial charge in [-0.25, -0.2) is 0 Å². The van der Waals surface area contributed by atoms with Gasteiger partial charge < -0.3 is 10.2 Å². The van der Waals surface area contributed by atoms with Gasteiger partial charge in [0.15, 0.2) is 5.11 Å². The first kappa shape index (κ1) is 23.2. The van der Waals surface area contributed by atoms with Crippen LogP contribution < -0.4 is 10.2 Å². The van der Waals surface area contributed by atoms with Crippen LogP contribution in [0, 0.1) is 0 Å². The van der Waals surface area contributed by atoms with E-state index in [0.29, 0.717) is 39.5 Å². The second-order valence-corrected chi connectivity index (χ2v) is 8.87. The summed E-state index contributed by atoms with van der Waals surface area (Å²) in [6.45, 7) is 0.486. The molecule has 3 aromatic rings. The zero-order valence-electron chi connectivity index (χ0n) is 17.6. The van der Waals surface area contributed by atoms with Crippen molar-refractivity contribution in [1.82, 2.24) is 4.90 Å². The third-order valence-corrected chi connectivity index (χ3v) is 6.32. The molecule has 0 spiro atoms. The van der Waals surface area contributed by atoms with Crippen molar-refractivity contribution in [2.75, 3.05) is 16.8 Å². The number of carbonyl (C=O) groups is 2.